The number of hydrogen-bond donors (Lipinski definition) is 1. The van der Waals surface area contributed by atoms with E-state index in [1.165, 1.54) is 122 Å². The summed E-state index contributed by atoms with van der Waals surface area (Å²) in [6, 6.07) is 0. The van der Waals surface area contributed by atoms with Crippen molar-refractivity contribution < 1.29 is 19.1 Å². The average Bonchev–Trinajstić information content (AvgIpc) is 3.05. The van der Waals surface area contributed by atoms with Crippen LogP contribution in [-0.2, 0) is 19.1 Å². The zero-order valence-corrected chi connectivity index (χ0v) is 30.9. The third-order valence-electron chi connectivity index (χ3n) is 8.68. The topological polar surface area (TPSA) is 64.6 Å². The van der Waals surface area contributed by atoms with E-state index in [1.807, 2.05) is 0 Å². The predicted octanol–water partition coefficient (Wildman–Crippen LogP) is 12.1. The molecule has 0 atom stereocenters. The second-order valence-corrected chi connectivity index (χ2v) is 13.3. The number of nitrogens with one attached hydrogen (secondary N) is 1. The van der Waals surface area contributed by atoms with Crippen LogP contribution in [-0.4, -0.2) is 37.7 Å². The Bertz CT molecular complexity index is 689. The van der Waals surface area contributed by atoms with Crippen LogP contribution < -0.4 is 5.32 Å². The van der Waals surface area contributed by atoms with E-state index >= 15 is 0 Å². The lowest BCUT2D eigenvalue weighted by molar-refractivity contribution is -0.149. The summed E-state index contributed by atoms with van der Waals surface area (Å²) in [6.45, 7) is 8.33. The van der Waals surface area contributed by atoms with E-state index in [1.54, 1.807) is 0 Å². The number of carbonyl (C=O) groups excluding carboxylic acids is 2. The minimum atomic E-state index is -0.157. The number of unbranched alkanes of at least 4 members (excludes halogenated alkanes) is 19. The van der Waals surface area contributed by atoms with E-state index in [4.69, 9.17) is 9.47 Å². The van der Waals surface area contributed by atoms with E-state index in [2.05, 4.69) is 50.4 Å². The summed E-state index contributed by atoms with van der Waals surface area (Å²) in [6.07, 6.45) is 41.5. The number of ether oxygens (including phenoxy) is 2. The Morgan fingerprint density at radius 2 is 0.957 bits per heavy atom. The van der Waals surface area contributed by atoms with Gasteiger partial charge >= 0.3 is 11.9 Å². The number of rotatable bonds is 36. The molecule has 0 fully saturated rings. The lowest BCUT2D eigenvalue weighted by atomic mass is 10.0. The Labute approximate surface area is 286 Å². The molecule has 0 aromatic rings. The highest BCUT2D eigenvalue weighted by molar-refractivity contribution is 5.70. The Hall–Kier alpha value is -1.62. The quantitative estimate of drug-likeness (QED) is 0.0416. The monoisotopic (exact) mass is 648 g/mol. The van der Waals surface area contributed by atoms with Gasteiger partial charge in [0.2, 0.25) is 0 Å². The molecule has 270 valence electrons. The highest BCUT2D eigenvalue weighted by Crippen LogP contribution is 2.17. The first-order chi connectivity index (χ1) is 22.6. The molecule has 0 spiro atoms. The fourth-order valence-corrected chi connectivity index (χ4v) is 5.67. The molecule has 0 aliphatic carbocycles. The van der Waals surface area contributed by atoms with Crippen LogP contribution in [0.4, 0.5) is 0 Å². The first-order valence-corrected chi connectivity index (χ1v) is 20.0. The van der Waals surface area contributed by atoms with Gasteiger partial charge in [-0.1, -0.05) is 148 Å². The molecule has 1 N–H and O–H groups in total. The Morgan fingerprint density at radius 3 is 1.52 bits per heavy atom. The van der Waals surface area contributed by atoms with Crippen molar-refractivity contribution in [2.45, 2.75) is 207 Å². The second kappa shape index (κ2) is 37.8. The molecular weight excluding hydrogens is 570 g/mol. The molecule has 0 amide bonds. The van der Waals surface area contributed by atoms with Crippen LogP contribution in [0.25, 0.3) is 0 Å². The third-order valence-corrected chi connectivity index (χ3v) is 8.68. The van der Waals surface area contributed by atoms with Gasteiger partial charge in [-0.15, -0.1) is 0 Å². The van der Waals surface area contributed by atoms with Crippen LogP contribution in [0.3, 0.4) is 0 Å². The van der Waals surface area contributed by atoms with E-state index in [0.717, 1.165) is 44.9 Å². The van der Waals surface area contributed by atoms with Crippen molar-refractivity contribution in [3.8, 4) is 0 Å². The van der Waals surface area contributed by atoms with Crippen molar-refractivity contribution in [3.05, 3.63) is 24.3 Å². The summed E-state index contributed by atoms with van der Waals surface area (Å²) in [5, 5.41) is 3.21. The molecule has 0 aliphatic heterocycles. The maximum atomic E-state index is 12.5. The van der Waals surface area contributed by atoms with Crippen LogP contribution in [0.15, 0.2) is 24.3 Å². The van der Waals surface area contributed by atoms with Crippen molar-refractivity contribution in [3.63, 3.8) is 0 Å². The van der Waals surface area contributed by atoms with Crippen molar-refractivity contribution in [2.24, 2.45) is 0 Å². The number of allylic oxidation sites excluding steroid dienone is 4. The molecule has 0 heterocycles. The summed E-state index contributed by atoms with van der Waals surface area (Å²) in [7, 11) is 0. The summed E-state index contributed by atoms with van der Waals surface area (Å²) in [4.78, 5) is 24.6. The van der Waals surface area contributed by atoms with Crippen molar-refractivity contribution in [1.82, 2.24) is 5.32 Å². The lowest BCUT2D eigenvalue weighted by Crippen LogP contribution is -2.25. The zero-order valence-electron chi connectivity index (χ0n) is 30.9. The van der Waals surface area contributed by atoms with E-state index in [9.17, 15) is 9.59 Å². The van der Waals surface area contributed by atoms with Gasteiger partial charge in [-0.25, -0.2) is 0 Å². The van der Waals surface area contributed by atoms with Crippen LogP contribution in [0.1, 0.15) is 201 Å². The van der Waals surface area contributed by atoms with Gasteiger partial charge in [0.25, 0.3) is 0 Å². The highest BCUT2D eigenvalue weighted by Gasteiger charge is 2.14. The average molecular weight is 648 g/mol. The largest absolute Gasteiger partial charge is 0.466 e. The fourth-order valence-electron chi connectivity index (χ4n) is 5.67. The highest BCUT2D eigenvalue weighted by atomic mass is 16.5. The maximum Gasteiger partial charge on any atom is 0.307 e. The summed E-state index contributed by atoms with van der Waals surface area (Å²) in [5.41, 5.74) is 0. The van der Waals surface area contributed by atoms with Crippen molar-refractivity contribution in [1.29, 1.82) is 0 Å². The summed E-state index contributed by atoms with van der Waals surface area (Å²) in [5.74, 6) is -0.273. The molecule has 0 rings (SSSR count). The van der Waals surface area contributed by atoms with Crippen LogP contribution in [0.2, 0.25) is 0 Å². The smallest absolute Gasteiger partial charge is 0.307 e. The number of carbonyl (C=O) groups is 2. The van der Waals surface area contributed by atoms with Gasteiger partial charge in [0.1, 0.15) is 6.10 Å². The molecule has 0 aliphatic rings. The Balaban J connectivity index is 3.78. The van der Waals surface area contributed by atoms with Crippen molar-refractivity contribution in [2.75, 3.05) is 19.7 Å². The van der Waals surface area contributed by atoms with Crippen LogP contribution in [0.5, 0.6) is 0 Å². The summed E-state index contributed by atoms with van der Waals surface area (Å²) >= 11 is 0. The molecule has 46 heavy (non-hydrogen) atoms. The molecule has 0 aromatic heterocycles. The first-order valence-electron chi connectivity index (χ1n) is 20.0. The van der Waals surface area contributed by atoms with Gasteiger partial charge in [-0.3, -0.25) is 9.59 Å². The number of hydrogen-bond acceptors (Lipinski definition) is 5. The first kappa shape index (κ1) is 44.4. The maximum absolute atomic E-state index is 12.5. The van der Waals surface area contributed by atoms with Gasteiger partial charge in [0, 0.05) is 13.1 Å². The van der Waals surface area contributed by atoms with E-state index < -0.39 is 0 Å². The standard InChI is InChI=1S/C41H77NO4/c1-4-7-10-13-16-17-18-19-20-21-22-23-24-25-28-31-38-45-40(43)34-36-42-37-35-41(44)46-39(32-29-26-14-11-8-5-2)33-30-27-15-12-9-6-3/h16-17,19-20,39,42H,4-15,18,21-38H2,1-3H3/b17-16-,20-19-. The fraction of sp³-hybridized carbons (Fsp3) is 0.854. The Morgan fingerprint density at radius 1 is 0.522 bits per heavy atom. The SMILES string of the molecule is CCCCC/C=C\C/C=C\CCCCCCCCOC(=O)CCNCCC(=O)OC(CCCCCCCC)CCCCCCCC. The van der Waals surface area contributed by atoms with Gasteiger partial charge in [0.05, 0.1) is 19.4 Å². The minimum absolute atomic E-state index is 0.0550. The van der Waals surface area contributed by atoms with Crippen LogP contribution >= 0.6 is 0 Å². The third kappa shape index (κ3) is 35.2. The molecule has 5 nitrogen and oxygen atoms in total. The summed E-state index contributed by atoms with van der Waals surface area (Å²) < 4.78 is 11.3. The predicted molar refractivity (Wildman–Crippen MR) is 198 cm³/mol. The number of esters is 2. The van der Waals surface area contributed by atoms with Gasteiger partial charge in [-0.2, -0.15) is 0 Å². The molecule has 0 saturated heterocycles. The van der Waals surface area contributed by atoms with Crippen molar-refractivity contribution >= 4 is 11.9 Å². The molecule has 0 bridgehead atoms. The van der Waals surface area contributed by atoms with Crippen LogP contribution in [0, 0.1) is 0 Å². The normalized spacial score (nSPS) is 11.7. The van der Waals surface area contributed by atoms with Gasteiger partial charge in [-0.05, 0) is 64.2 Å². The Kier molecular flexibility index (Phi) is 36.5. The van der Waals surface area contributed by atoms with Gasteiger partial charge in [0.15, 0.2) is 0 Å². The van der Waals surface area contributed by atoms with E-state index in [0.29, 0.717) is 32.5 Å². The second-order valence-electron chi connectivity index (χ2n) is 13.3. The molecular formula is C41H77NO4. The molecule has 0 aromatic carbocycles. The minimum Gasteiger partial charge on any atom is -0.466 e. The molecule has 5 heteroatoms. The van der Waals surface area contributed by atoms with Gasteiger partial charge < -0.3 is 14.8 Å². The lowest BCUT2D eigenvalue weighted by Gasteiger charge is -2.18. The molecule has 0 saturated carbocycles. The molecule has 0 radical (unpaired) electrons. The molecule has 0 unspecified atom stereocenters. The zero-order chi connectivity index (χ0) is 33.6. The van der Waals surface area contributed by atoms with E-state index in [-0.39, 0.29) is 18.0 Å².